The first-order chi connectivity index (χ1) is 9.50. The molecule has 2 N–H and O–H groups in total. The van der Waals surface area contributed by atoms with Crippen molar-refractivity contribution in [3.63, 3.8) is 0 Å². The zero-order valence-corrected chi connectivity index (χ0v) is 12.4. The van der Waals surface area contributed by atoms with Crippen molar-refractivity contribution < 1.29 is 4.79 Å². The standard InChI is InChI=1S/C12H18N2O.C3H4N2/c1-9(2)10-5-7-11(8-6-10)13-12(15)14(3)4;1-2-5-3-4-1/h5-9H,1-4H3,(H,13,15);1-3H,(H,4,5). The van der Waals surface area contributed by atoms with Crippen LogP contribution < -0.4 is 5.32 Å². The molecule has 1 aromatic heterocycles. The second-order valence-electron chi connectivity index (χ2n) is 4.86. The van der Waals surface area contributed by atoms with Crippen molar-refractivity contribution in [2.24, 2.45) is 0 Å². The monoisotopic (exact) mass is 274 g/mol. The lowest BCUT2D eigenvalue weighted by molar-refractivity contribution is 0.230. The molecule has 1 heterocycles. The summed E-state index contributed by atoms with van der Waals surface area (Å²) in [4.78, 5) is 19.3. The van der Waals surface area contributed by atoms with E-state index < -0.39 is 0 Å². The molecule has 0 fully saturated rings. The number of urea groups is 1. The van der Waals surface area contributed by atoms with Gasteiger partial charge >= 0.3 is 6.03 Å². The van der Waals surface area contributed by atoms with Crippen molar-refractivity contribution in [3.05, 3.63) is 48.5 Å². The number of hydrogen-bond donors (Lipinski definition) is 2. The number of benzene rings is 1. The van der Waals surface area contributed by atoms with Gasteiger partial charge in [0.15, 0.2) is 0 Å². The van der Waals surface area contributed by atoms with E-state index in [1.807, 2.05) is 24.3 Å². The summed E-state index contributed by atoms with van der Waals surface area (Å²) in [5.41, 5.74) is 2.11. The number of nitrogens with zero attached hydrogens (tertiary/aromatic N) is 2. The number of imidazole rings is 1. The Labute approximate surface area is 120 Å². The van der Waals surface area contributed by atoms with Crippen LogP contribution in [0.5, 0.6) is 0 Å². The third kappa shape index (κ3) is 5.56. The highest BCUT2D eigenvalue weighted by Crippen LogP contribution is 2.17. The summed E-state index contributed by atoms with van der Waals surface area (Å²) in [6.07, 6.45) is 5.08. The molecule has 5 nitrogen and oxygen atoms in total. The molecule has 2 amide bonds. The van der Waals surface area contributed by atoms with Gasteiger partial charge in [0.05, 0.1) is 6.33 Å². The number of nitrogens with one attached hydrogen (secondary N) is 2. The smallest absolute Gasteiger partial charge is 0.321 e. The van der Waals surface area contributed by atoms with Gasteiger partial charge < -0.3 is 15.2 Å². The Balaban J connectivity index is 0.000000333. The van der Waals surface area contributed by atoms with Crippen LogP contribution in [0.2, 0.25) is 0 Å². The maximum absolute atomic E-state index is 11.3. The Morgan fingerprint density at radius 1 is 1.25 bits per heavy atom. The average molecular weight is 274 g/mol. The second kappa shape index (κ2) is 7.99. The Morgan fingerprint density at radius 3 is 2.25 bits per heavy atom. The Bertz CT molecular complexity index is 472. The lowest BCUT2D eigenvalue weighted by Gasteiger charge is -2.12. The first kappa shape index (κ1) is 15.8. The van der Waals surface area contributed by atoms with Gasteiger partial charge in [0.25, 0.3) is 0 Å². The number of carbonyl (C=O) groups excluding carboxylic acids is 1. The van der Waals surface area contributed by atoms with Gasteiger partial charge in [-0.05, 0) is 23.6 Å². The fourth-order valence-corrected chi connectivity index (χ4v) is 1.40. The first-order valence-corrected chi connectivity index (χ1v) is 6.51. The number of aromatic amines is 1. The number of anilines is 1. The molecule has 0 saturated heterocycles. The largest absolute Gasteiger partial charge is 0.351 e. The molecular weight excluding hydrogens is 252 g/mol. The predicted octanol–water partition coefficient (Wildman–Crippen LogP) is 3.31. The molecule has 0 spiro atoms. The van der Waals surface area contributed by atoms with E-state index in [-0.39, 0.29) is 6.03 Å². The van der Waals surface area contributed by atoms with Gasteiger partial charge in [0.1, 0.15) is 0 Å². The topological polar surface area (TPSA) is 61.0 Å². The molecule has 0 aliphatic rings. The van der Waals surface area contributed by atoms with Crippen LogP contribution in [0.3, 0.4) is 0 Å². The van der Waals surface area contributed by atoms with Gasteiger partial charge in [0, 0.05) is 32.2 Å². The van der Waals surface area contributed by atoms with Crippen molar-refractivity contribution in [3.8, 4) is 0 Å². The summed E-state index contributed by atoms with van der Waals surface area (Å²) in [7, 11) is 3.44. The minimum Gasteiger partial charge on any atom is -0.351 e. The summed E-state index contributed by atoms with van der Waals surface area (Å²) >= 11 is 0. The number of rotatable bonds is 2. The third-order valence-corrected chi connectivity index (χ3v) is 2.64. The van der Waals surface area contributed by atoms with Crippen LogP contribution in [-0.2, 0) is 0 Å². The van der Waals surface area contributed by atoms with Crippen LogP contribution in [0.25, 0.3) is 0 Å². The molecule has 0 atom stereocenters. The van der Waals surface area contributed by atoms with Gasteiger partial charge in [-0.1, -0.05) is 26.0 Å². The molecular formula is C15H22N4O. The van der Waals surface area contributed by atoms with Gasteiger partial charge in [-0.3, -0.25) is 0 Å². The summed E-state index contributed by atoms with van der Waals surface area (Å²) in [5, 5.41) is 2.79. The van der Waals surface area contributed by atoms with Crippen molar-refractivity contribution in [1.29, 1.82) is 0 Å². The fourth-order valence-electron chi connectivity index (χ4n) is 1.40. The summed E-state index contributed by atoms with van der Waals surface area (Å²) in [6.45, 7) is 4.29. The number of amides is 2. The van der Waals surface area contributed by atoms with Gasteiger partial charge in [-0.15, -0.1) is 0 Å². The van der Waals surface area contributed by atoms with E-state index in [0.717, 1.165) is 5.69 Å². The number of hydrogen-bond acceptors (Lipinski definition) is 2. The summed E-state index contributed by atoms with van der Waals surface area (Å²) in [6, 6.07) is 7.83. The molecule has 1 aromatic carbocycles. The second-order valence-corrected chi connectivity index (χ2v) is 4.86. The molecule has 0 radical (unpaired) electrons. The average Bonchev–Trinajstić information content (AvgIpc) is 2.98. The molecule has 0 bridgehead atoms. The maximum Gasteiger partial charge on any atom is 0.321 e. The van der Waals surface area contributed by atoms with E-state index in [9.17, 15) is 4.79 Å². The maximum atomic E-state index is 11.3. The van der Waals surface area contributed by atoms with Crippen LogP contribution in [0.4, 0.5) is 10.5 Å². The predicted molar refractivity (Wildman–Crippen MR) is 81.8 cm³/mol. The van der Waals surface area contributed by atoms with E-state index in [2.05, 4.69) is 29.1 Å². The molecule has 5 heteroatoms. The molecule has 2 aromatic rings. The summed E-state index contributed by atoms with van der Waals surface area (Å²) < 4.78 is 0. The van der Waals surface area contributed by atoms with Crippen LogP contribution in [0.15, 0.2) is 43.0 Å². The van der Waals surface area contributed by atoms with E-state index in [4.69, 9.17) is 0 Å². The van der Waals surface area contributed by atoms with Crippen molar-refractivity contribution in [2.75, 3.05) is 19.4 Å². The molecule has 0 unspecified atom stereocenters. The zero-order chi connectivity index (χ0) is 15.0. The minimum absolute atomic E-state index is 0.104. The van der Waals surface area contributed by atoms with Crippen LogP contribution in [0.1, 0.15) is 25.3 Å². The highest BCUT2D eigenvalue weighted by molar-refractivity contribution is 5.88. The Kier molecular flexibility index (Phi) is 6.29. The SMILES string of the molecule is CC(C)c1ccc(NC(=O)N(C)C)cc1.c1c[nH]cn1. The van der Waals surface area contributed by atoms with E-state index in [0.29, 0.717) is 5.92 Å². The quantitative estimate of drug-likeness (QED) is 0.882. The van der Waals surface area contributed by atoms with Crippen molar-refractivity contribution >= 4 is 11.7 Å². The lowest BCUT2D eigenvalue weighted by Crippen LogP contribution is -2.27. The van der Waals surface area contributed by atoms with Crippen LogP contribution in [0, 0.1) is 0 Å². The van der Waals surface area contributed by atoms with E-state index >= 15 is 0 Å². The zero-order valence-electron chi connectivity index (χ0n) is 12.4. The van der Waals surface area contributed by atoms with Gasteiger partial charge in [0.2, 0.25) is 0 Å². The van der Waals surface area contributed by atoms with Gasteiger partial charge in [-0.2, -0.15) is 0 Å². The Morgan fingerprint density at radius 2 is 1.90 bits per heavy atom. The Hall–Kier alpha value is -2.30. The molecule has 0 saturated carbocycles. The fraction of sp³-hybridized carbons (Fsp3) is 0.333. The molecule has 20 heavy (non-hydrogen) atoms. The highest BCUT2D eigenvalue weighted by atomic mass is 16.2. The minimum atomic E-state index is -0.104. The third-order valence-electron chi connectivity index (χ3n) is 2.64. The number of carbonyl (C=O) groups is 1. The molecule has 0 aliphatic heterocycles. The van der Waals surface area contributed by atoms with Gasteiger partial charge in [-0.25, -0.2) is 9.78 Å². The highest BCUT2D eigenvalue weighted by Gasteiger charge is 2.04. The van der Waals surface area contributed by atoms with E-state index in [1.54, 1.807) is 32.8 Å². The van der Waals surface area contributed by atoms with Crippen molar-refractivity contribution in [2.45, 2.75) is 19.8 Å². The lowest BCUT2D eigenvalue weighted by atomic mass is 10.0. The van der Waals surface area contributed by atoms with Crippen molar-refractivity contribution in [1.82, 2.24) is 14.9 Å². The van der Waals surface area contributed by atoms with E-state index in [1.165, 1.54) is 10.5 Å². The van der Waals surface area contributed by atoms with Crippen LogP contribution >= 0.6 is 0 Å². The summed E-state index contributed by atoms with van der Waals surface area (Å²) in [5.74, 6) is 0.517. The first-order valence-electron chi connectivity index (χ1n) is 6.51. The molecule has 0 aliphatic carbocycles. The number of H-pyrrole nitrogens is 1. The number of aromatic nitrogens is 2. The van der Waals surface area contributed by atoms with Crippen LogP contribution in [-0.4, -0.2) is 35.0 Å². The normalized spacial score (nSPS) is 9.65. The molecule has 108 valence electrons. The molecule has 2 rings (SSSR count).